The molecule has 3 aromatic rings. The summed E-state index contributed by atoms with van der Waals surface area (Å²) in [5.41, 5.74) is 3.70. The standard InChI is InChI=1S/C19H19NO2/c1-13-6-3-4-9-17(13)20-16(10-11-21)12-15-8-5-7-14(2)18(15)19(20)22/h3-9,12,21H,10-11H2,1-2H3. The molecule has 112 valence electrons. The molecule has 3 rings (SSSR count). The van der Waals surface area contributed by atoms with Crippen LogP contribution in [0.2, 0.25) is 0 Å². The van der Waals surface area contributed by atoms with Crippen LogP contribution in [0.4, 0.5) is 0 Å². The zero-order chi connectivity index (χ0) is 15.7. The molecule has 0 bridgehead atoms. The summed E-state index contributed by atoms with van der Waals surface area (Å²) in [5, 5.41) is 11.0. The van der Waals surface area contributed by atoms with E-state index in [2.05, 4.69) is 0 Å². The number of hydrogen-bond donors (Lipinski definition) is 1. The molecule has 0 fully saturated rings. The zero-order valence-corrected chi connectivity index (χ0v) is 12.8. The second-order valence-electron chi connectivity index (χ2n) is 5.58. The van der Waals surface area contributed by atoms with E-state index in [4.69, 9.17) is 0 Å². The summed E-state index contributed by atoms with van der Waals surface area (Å²) in [5.74, 6) is 0. The molecule has 1 N–H and O–H groups in total. The fourth-order valence-electron chi connectivity index (χ4n) is 2.97. The predicted molar refractivity (Wildman–Crippen MR) is 89.8 cm³/mol. The van der Waals surface area contributed by atoms with Gasteiger partial charge in [-0.2, -0.15) is 0 Å². The van der Waals surface area contributed by atoms with Crippen molar-refractivity contribution in [3.63, 3.8) is 0 Å². The monoisotopic (exact) mass is 293 g/mol. The Bertz CT molecular complexity index is 894. The van der Waals surface area contributed by atoms with Crippen LogP contribution in [0.3, 0.4) is 0 Å². The Kier molecular flexibility index (Phi) is 3.82. The maximum atomic E-state index is 13.1. The minimum absolute atomic E-state index is 0.0165. The number of nitrogens with zero attached hydrogens (tertiary/aromatic N) is 1. The summed E-state index contributed by atoms with van der Waals surface area (Å²) >= 11 is 0. The fourth-order valence-corrected chi connectivity index (χ4v) is 2.97. The summed E-state index contributed by atoms with van der Waals surface area (Å²) < 4.78 is 1.74. The number of para-hydroxylation sites is 1. The predicted octanol–water partition coefficient (Wildman–Crippen LogP) is 3.14. The van der Waals surface area contributed by atoms with Crippen molar-refractivity contribution in [2.24, 2.45) is 0 Å². The second kappa shape index (κ2) is 5.78. The average Bonchev–Trinajstić information content (AvgIpc) is 2.49. The van der Waals surface area contributed by atoms with Gasteiger partial charge in [-0.05, 0) is 42.5 Å². The molecule has 0 aliphatic rings. The number of aryl methyl sites for hydroxylation is 2. The maximum Gasteiger partial charge on any atom is 0.263 e. The van der Waals surface area contributed by atoms with Crippen molar-refractivity contribution in [3.05, 3.63) is 75.7 Å². The maximum absolute atomic E-state index is 13.1. The molecule has 1 aromatic heterocycles. The van der Waals surface area contributed by atoms with E-state index in [0.717, 1.165) is 33.3 Å². The molecule has 0 unspecified atom stereocenters. The third kappa shape index (κ3) is 2.34. The Morgan fingerprint density at radius 1 is 1.00 bits per heavy atom. The van der Waals surface area contributed by atoms with Crippen LogP contribution in [0.1, 0.15) is 16.8 Å². The molecule has 0 aliphatic carbocycles. The highest BCUT2D eigenvalue weighted by Crippen LogP contribution is 2.20. The van der Waals surface area contributed by atoms with E-state index in [0.29, 0.717) is 6.42 Å². The Balaban J connectivity index is 2.44. The van der Waals surface area contributed by atoms with Crippen LogP contribution in [0.25, 0.3) is 16.5 Å². The van der Waals surface area contributed by atoms with Gasteiger partial charge in [-0.25, -0.2) is 0 Å². The van der Waals surface area contributed by atoms with Gasteiger partial charge in [0.1, 0.15) is 0 Å². The van der Waals surface area contributed by atoms with E-state index >= 15 is 0 Å². The lowest BCUT2D eigenvalue weighted by atomic mass is 10.0. The highest BCUT2D eigenvalue weighted by Gasteiger charge is 2.13. The highest BCUT2D eigenvalue weighted by molar-refractivity contribution is 5.85. The van der Waals surface area contributed by atoms with Gasteiger partial charge in [-0.3, -0.25) is 9.36 Å². The second-order valence-corrected chi connectivity index (χ2v) is 5.58. The number of benzene rings is 2. The van der Waals surface area contributed by atoms with E-state index in [1.807, 2.05) is 62.4 Å². The van der Waals surface area contributed by atoms with Crippen LogP contribution < -0.4 is 5.56 Å². The van der Waals surface area contributed by atoms with E-state index in [1.165, 1.54) is 0 Å². The Hall–Kier alpha value is -2.39. The van der Waals surface area contributed by atoms with Gasteiger partial charge in [-0.15, -0.1) is 0 Å². The SMILES string of the molecule is Cc1ccccc1-n1c(CCO)cc2cccc(C)c2c1=O. The van der Waals surface area contributed by atoms with E-state index in [9.17, 15) is 9.90 Å². The highest BCUT2D eigenvalue weighted by atomic mass is 16.3. The van der Waals surface area contributed by atoms with E-state index in [-0.39, 0.29) is 12.2 Å². The molecule has 0 aliphatic heterocycles. The first-order valence-electron chi connectivity index (χ1n) is 7.44. The number of hydrogen-bond acceptors (Lipinski definition) is 2. The third-order valence-electron chi connectivity index (χ3n) is 4.06. The average molecular weight is 293 g/mol. The topological polar surface area (TPSA) is 42.2 Å². The van der Waals surface area contributed by atoms with Crippen molar-refractivity contribution in [1.82, 2.24) is 4.57 Å². The zero-order valence-electron chi connectivity index (χ0n) is 12.8. The largest absolute Gasteiger partial charge is 0.396 e. The van der Waals surface area contributed by atoms with Crippen molar-refractivity contribution in [2.45, 2.75) is 20.3 Å². The summed E-state index contributed by atoms with van der Waals surface area (Å²) in [6.45, 7) is 3.97. The lowest BCUT2D eigenvalue weighted by molar-refractivity contribution is 0.297. The van der Waals surface area contributed by atoms with Crippen LogP contribution in [-0.2, 0) is 6.42 Å². The summed E-state index contributed by atoms with van der Waals surface area (Å²) in [6, 6.07) is 15.7. The first kappa shape index (κ1) is 14.5. The molecule has 2 aromatic carbocycles. The minimum Gasteiger partial charge on any atom is -0.396 e. The quantitative estimate of drug-likeness (QED) is 0.806. The Morgan fingerprint density at radius 3 is 2.45 bits per heavy atom. The van der Waals surface area contributed by atoms with Crippen molar-refractivity contribution in [1.29, 1.82) is 0 Å². The molecular weight excluding hydrogens is 274 g/mol. The van der Waals surface area contributed by atoms with Crippen molar-refractivity contribution in [2.75, 3.05) is 6.61 Å². The molecule has 0 amide bonds. The van der Waals surface area contributed by atoms with Crippen LogP contribution in [-0.4, -0.2) is 16.3 Å². The van der Waals surface area contributed by atoms with Gasteiger partial charge in [0.25, 0.3) is 5.56 Å². The van der Waals surface area contributed by atoms with Crippen LogP contribution >= 0.6 is 0 Å². The molecular formula is C19H19NO2. The lowest BCUT2D eigenvalue weighted by Crippen LogP contribution is -2.24. The first-order chi connectivity index (χ1) is 10.6. The van der Waals surface area contributed by atoms with E-state index in [1.54, 1.807) is 4.57 Å². The van der Waals surface area contributed by atoms with Gasteiger partial charge in [0, 0.05) is 18.7 Å². The van der Waals surface area contributed by atoms with Crippen molar-refractivity contribution >= 4 is 10.8 Å². The number of aliphatic hydroxyl groups excluding tert-OH is 1. The Morgan fingerprint density at radius 2 is 1.73 bits per heavy atom. The van der Waals surface area contributed by atoms with Gasteiger partial charge in [0.15, 0.2) is 0 Å². The number of fused-ring (bicyclic) bond motifs is 1. The van der Waals surface area contributed by atoms with Gasteiger partial charge in [0.2, 0.25) is 0 Å². The van der Waals surface area contributed by atoms with E-state index < -0.39 is 0 Å². The molecule has 0 saturated carbocycles. The van der Waals surface area contributed by atoms with Gasteiger partial charge in [0.05, 0.1) is 11.1 Å². The lowest BCUT2D eigenvalue weighted by Gasteiger charge is -2.16. The molecule has 22 heavy (non-hydrogen) atoms. The van der Waals surface area contributed by atoms with Crippen molar-refractivity contribution < 1.29 is 5.11 Å². The molecule has 0 spiro atoms. The number of aromatic nitrogens is 1. The van der Waals surface area contributed by atoms with Crippen LogP contribution in [0, 0.1) is 13.8 Å². The number of aliphatic hydroxyl groups is 1. The van der Waals surface area contributed by atoms with Crippen LogP contribution in [0.5, 0.6) is 0 Å². The minimum atomic E-state index is -0.0200. The summed E-state index contributed by atoms with van der Waals surface area (Å²) in [7, 11) is 0. The normalized spacial score (nSPS) is 11.0. The molecule has 3 heteroatoms. The van der Waals surface area contributed by atoms with Crippen LogP contribution in [0.15, 0.2) is 53.3 Å². The van der Waals surface area contributed by atoms with Gasteiger partial charge in [-0.1, -0.05) is 36.4 Å². The van der Waals surface area contributed by atoms with Gasteiger partial charge >= 0.3 is 0 Å². The summed E-state index contributed by atoms with van der Waals surface area (Å²) in [4.78, 5) is 13.1. The summed E-state index contributed by atoms with van der Waals surface area (Å²) in [6.07, 6.45) is 0.452. The first-order valence-corrected chi connectivity index (χ1v) is 7.44. The van der Waals surface area contributed by atoms with Crippen molar-refractivity contribution in [3.8, 4) is 5.69 Å². The smallest absolute Gasteiger partial charge is 0.263 e. The Labute approximate surface area is 129 Å². The molecule has 0 atom stereocenters. The number of rotatable bonds is 3. The molecule has 0 radical (unpaired) electrons. The number of pyridine rings is 1. The van der Waals surface area contributed by atoms with Gasteiger partial charge < -0.3 is 5.11 Å². The molecule has 3 nitrogen and oxygen atoms in total. The molecule has 0 saturated heterocycles. The third-order valence-corrected chi connectivity index (χ3v) is 4.06. The molecule has 1 heterocycles. The fraction of sp³-hybridized carbons (Fsp3) is 0.211.